The van der Waals surface area contributed by atoms with Crippen molar-refractivity contribution in [3.8, 4) is 11.5 Å². The van der Waals surface area contributed by atoms with Crippen molar-refractivity contribution >= 4 is 17.6 Å². The molecule has 1 unspecified atom stereocenters. The fourth-order valence-electron chi connectivity index (χ4n) is 1.05. The summed E-state index contributed by atoms with van der Waals surface area (Å²) >= 11 is 5.78. The minimum absolute atomic E-state index is 0.166. The lowest BCUT2D eigenvalue weighted by Crippen LogP contribution is -2.49. The van der Waals surface area contributed by atoms with Crippen LogP contribution in [0.3, 0.4) is 0 Å². The van der Waals surface area contributed by atoms with E-state index in [1.165, 1.54) is 14.0 Å². The largest absolute Gasteiger partial charge is 0.493 e. The predicted octanol–water partition coefficient (Wildman–Crippen LogP) is 1.53. The van der Waals surface area contributed by atoms with E-state index >= 15 is 0 Å². The minimum Gasteiger partial charge on any atom is -0.493 e. The first-order valence-electron chi connectivity index (χ1n) is 4.85. The number of carboxylic acids is 1. The highest BCUT2D eigenvalue weighted by Gasteiger charge is 2.29. The van der Waals surface area contributed by atoms with E-state index in [4.69, 9.17) is 31.9 Å². The van der Waals surface area contributed by atoms with Crippen LogP contribution in [0.1, 0.15) is 6.92 Å². The molecule has 1 aromatic carbocycles. The monoisotopic (exact) mass is 259 g/mol. The molecule has 5 nitrogen and oxygen atoms in total. The Kier molecular flexibility index (Phi) is 4.20. The molecule has 1 rings (SSSR count). The second kappa shape index (κ2) is 5.25. The van der Waals surface area contributed by atoms with Gasteiger partial charge < -0.3 is 20.3 Å². The summed E-state index contributed by atoms with van der Waals surface area (Å²) in [6, 6.07) is 4.79. The second-order valence-corrected chi connectivity index (χ2v) is 4.24. The minimum atomic E-state index is -1.45. The van der Waals surface area contributed by atoms with E-state index in [0.717, 1.165) is 0 Å². The van der Waals surface area contributed by atoms with Gasteiger partial charge in [0, 0.05) is 11.1 Å². The first-order chi connectivity index (χ1) is 7.86. The molecule has 0 aromatic heterocycles. The lowest BCUT2D eigenvalue weighted by molar-refractivity contribution is -0.143. The Balaban J connectivity index is 2.79. The number of nitrogens with two attached hydrogens (primary N) is 1. The Hall–Kier alpha value is -1.46. The zero-order valence-corrected chi connectivity index (χ0v) is 10.3. The van der Waals surface area contributed by atoms with Gasteiger partial charge >= 0.3 is 5.97 Å². The molecule has 1 aromatic rings. The van der Waals surface area contributed by atoms with Crippen molar-refractivity contribution in [3.63, 3.8) is 0 Å². The molecule has 6 heteroatoms. The van der Waals surface area contributed by atoms with Crippen LogP contribution in [-0.2, 0) is 4.79 Å². The number of ether oxygens (including phenoxy) is 2. The van der Waals surface area contributed by atoms with E-state index in [1.807, 2.05) is 0 Å². The Morgan fingerprint density at radius 2 is 2.18 bits per heavy atom. The van der Waals surface area contributed by atoms with Crippen LogP contribution in [0.25, 0.3) is 0 Å². The maximum absolute atomic E-state index is 10.8. The number of benzene rings is 1. The molecule has 0 saturated heterocycles. The number of hydrogen-bond acceptors (Lipinski definition) is 4. The van der Waals surface area contributed by atoms with Crippen LogP contribution in [0.5, 0.6) is 11.5 Å². The SMILES string of the molecule is COc1cc(Cl)ccc1OCC(C)(N)C(=O)O. The van der Waals surface area contributed by atoms with Gasteiger partial charge in [-0.25, -0.2) is 0 Å². The summed E-state index contributed by atoms with van der Waals surface area (Å²) in [6.45, 7) is 1.21. The highest BCUT2D eigenvalue weighted by molar-refractivity contribution is 6.30. The molecule has 0 spiro atoms. The molecule has 0 amide bonds. The van der Waals surface area contributed by atoms with Crippen molar-refractivity contribution in [2.75, 3.05) is 13.7 Å². The number of hydrogen-bond donors (Lipinski definition) is 2. The Morgan fingerprint density at radius 3 is 2.71 bits per heavy atom. The van der Waals surface area contributed by atoms with E-state index in [-0.39, 0.29) is 6.61 Å². The summed E-state index contributed by atoms with van der Waals surface area (Å²) in [5, 5.41) is 9.34. The molecule has 17 heavy (non-hydrogen) atoms. The van der Waals surface area contributed by atoms with Gasteiger partial charge in [-0.2, -0.15) is 0 Å². The van der Waals surface area contributed by atoms with Crippen LogP contribution in [0, 0.1) is 0 Å². The fraction of sp³-hybridized carbons (Fsp3) is 0.364. The van der Waals surface area contributed by atoms with Crippen molar-refractivity contribution in [2.24, 2.45) is 5.73 Å². The molecular weight excluding hydrogens is 246 g/mol. The van der Waals surface area contributed by atoms with E-state index < -0.39 is 11.5 Å². The number of carboxylic acid groups (broad SMARTS) is 1. The molecule has 3 N–H and O–H groups in total. The van der Waals surface area contributed by atoms with Gasteiger partial charge in [0.25, 0.3) is 0 Å². The van der Waals surface area contributed by atoms with Crippen molar-refractivity contribution in [3.05, 3.63) is 23.2 Å². The topological polar surface area (TPSA) is 81.8 Å². The van der Waals surface area contributed by atoms with Crippen LogP contribution in [0.4, 0.5) is 0 Å². The van der Waals surface area contributed by atoms with E-state index in [0.29, 0.717) is 16.5 Å². The summed E-state index contributed by atoms with van der Waals surface area (Å²) < 4.78 is 10.4. The molecule has 94 valence electrons. The molecule has 0 radical (unpaired) electrons. The summed E-state index contributed by atoms with van der Waals surface area (Å²) in [4.78, 5) is 10.8. The zero-order valence-electron chi connectivity index (χ0n) is 9.57. The molecule has 0 bridgehead atoms. The Bertz CT molecular complexity index is 420. The second-order valence-electron chi connectivity index (χ2n) is 3.81. The van der Waals surface area contributed by atoms with Gasteiger partial charge in [-0.15, -0.1) is 0 Å². The van der Waals surface area contributed by atoms with Crippen molar-refractivity contribution in [2.45, 2.75) is 12.5 Å². The third-order valence-corrected chi connectivity index (χ3v) is 2.38. The van der Waals surface area contributed by atoms with Gasteiger partial charge in [-0.3, -0.25) is 4.79 Å². The van der Waals surface area contributed by atoms with Gasteiger partial charge in [0.2, 0.25) is 0 Å². The van der Waals surface area contributed by atoms with E-state index in [2.05, 4.69) is 0 Å². The van der Waals surface area contributed by atoms with Crippen LogP contribution in [0.15, 0.2) is 18.2 Å². The van der Waals surface area contributed by atoms with Crippen LogP contribution in [0.2, 0.25) is 5.02 Å². The highest BCUT2D eigenvalue weighted by atomic mass is 35.5. The summed E-state index contributed by atoms with van der Waals surface area (Å²) in [6.07, 6.45) is 0. The van der Waals surface area contributed by atoms with Gasteiger partial charge in [-0.05, 0) is 19.1 Å². The molecule has 0 heterocycles. The lowest BCUT2D eigenvalue weighted by Gasteiger charge is -2.20. The van der Waals surface area contributed by atoms with Crippen molar-refractivity contribution in [1.29, 1.82) is 0 Å². The number of methoxy groups -OCH3 is 1. The Morgan fingerprint density at radius 1 is 1.53 bits per heavy atom. The number of carbonyl (C=O) groups is 1. The van der Waals surface area contributed by atoms with Crippen molar-refractivity contribution in [1.82, 2.24) is 0 Å². The molecule has 0 aliphatic carbocycles. The average molecular weight is 260 g/mol. The summed E-state index contributed by atoms with van der Waals surface area (Å²) in [5.41, 5.74) is 4.08. The lowest BCUT2D eigenvalue weighted by atomic mass is 10.1. The molecule has 0 aliphatic rings. The third-order valence-electron chi connectivity index (χ3n) is 2.14. The summed E-state index contributed by atoms with van der Waals surface area (Å²) in [5.74, 6) is -0.307. The van der Waals surface area contributed by atoms with Crippen molar-refractivity contribution < 1.29 is 19.4 Å². The number of aliphatic carboxylic acids is 1. The summed E-state index contributed by atoms with van der Waals surface area (Å²) in [7, 11) is 1.47. The van der Waals surface area contributed by atoms with Crippen LogP contribution >= 0.6 is 11.6 Å². The first-order valence-corrected chi connectivity index (χ1v) is 5.23. The molecule has 0 aliphatic heterocycles. The standard InChI is InChI=1S/C11H14ClNO4/c1-11(13,10(14)15)6-17-8-4-3-7(12)5-9(8)16-2/h3-5H,6,13H2,1-2H3,(H,14,15). The zero-order chi connectivity index (χ0) is 13.1. The number of halogens is 1. The molecule has 1 atom stereocenters. The maximum atomic E-state index is 10.8. The predicted molar refractivity (Wildman–Crippen MR) is 63.7 cm³/mol. The van der Waals surface area contributed by atoms with Crippen LogP contribution in [-0.4, -0.2) is 30.3 Å². The van der Waals surface area contributed by atoms with E-state index in [1.54, 1.807) is 18.2 Å². The van der Waals surface area contributed by atoms with Gasteiger partial charge in [0.05, 0.1) is 7.11 Å². The molecular formula is C11H14ClNO4. The smallest absolute Gasteiger partial charge is 0.326 e. The van der Waals surface area contributed by atoms with Gasteiger partial charge in [0.15, 0.2) is 11.5 Å². The Labute approximate surface area is 104 Å². The first kappa shape index (κ1) is 13.6. The maximum Gasteiger partial charge on any atom is 0.326 e. The highest BCUT2D eigenvalue weighted by Crippen LogP contribution is 2.30. The average Bonchev–Trinajstić information content (AvgIpc) is 2.27. The normalized spacial score (nSPS) is 13.9. The molecule has 0 fully saturated rings. The fourth-order valence-corrected chi connectivity index (χ4v) is 1.21. The van der Waals surface area contributed by atoms with Gasteiger partial charge in [0.1, 0.15) is 12.1 Å². The van der Waals surface area contributed by atoms with Crippen LogP contribution < -0.4 is 15.2 Å². The number of rotatable bonds is 5. The third kappa shape index (κ3) is 3.51. The quantitative estimate of drug-likeness (QED) is 0.838. The van der Waals surface area contributed by atoms with Gasteiger partial charge in [-0.1, -0.05) is 11.6 Å². The van der Waals surface area contributed by atoms with E-state index in [9.17, 15) is 4.79 Å². The molecule has 0 saturated carbocycles.